The lowest BCUT2D eigenvalue weighted by molar-refractivity contribution is 0.102. The SMILES string of the molecule is N#Cc1ccc(C(=O)Nc2ccc(N3CCOC3=N)cc2)c(NC(=O)c2ccc(Cl)s2)c1. The Kier molecular flexibility index (Phi) is 6.07. The third-order valence-corrected chi connectivity index (χ3v) is 5.90. The highest BCUT2D eigenvalue weighted by Gasteiger charge is 2.20. The van der Waals surface area contributed by atoms with Crippen molar-refractivity contribution in [2.45, 2.75) is 0 Å². The first-order valence-electron chi connectivity index (χ1n) is 9.46. The molecule has 160 valence electrons. The number of halogens is 1. The van der Waals surface area contributed by atoms with Gasteiger partial charge in [0.2, 0.25) is 0 Å². The molecule has 1 fully saturated rings. The highest BCUT2D eigenvalue weighted by atomic mass is 35.5. The van der Waals surface area contributed by atoms with Gasteiger partial charge in [0.25, 0.3) is 17.8 Å². The monoisotopic (exact) mass is 465 g/mol. The van der Waals surface area contributed by atoms with Crippen molar-refractivity contribution in [1.29, 1.82) is 10.7 Å². The summed E-state index contributed by atoms with van der Waals surface area (Å²) in [6.07, 6.45) is 0. The number of thiophene rings is 1. The number of hydrogen-bond acceptors (Lipinski definition) is 6. The van der Waals surface area contributed by atoms with Crippen molar-refractivity contribution < 1.29 is 14.3 Å². The molecule has 0 spiro atoms. The van der Waals surface area contributed by atoms with E-state index in [1.807, 2.05) is 6.07 Å². The number of amidine groups is 1. The lowest BCUT2D eigenvalue weighted by atomic mass is 10.1. The van der Waals surface area contributed by atoms with E-state index in [0.717, 1.165) is 17.0 Å². The number of nitrogens with zero attached hydrogens (tertiary/aromatic N) is 2. The first-order chi connectivity index (χ1) is 15.4. The molecule has 4 rings (SSSR count). The molecule has 2 amide bonds. The van der Waals surface area contributed by atoms with Gasteiger partial charge in [0.15, 0.2) is 0 Å². The summed E-state index contributed by atoms with van der Waals surface area (Å²) >= 11 is 7.01. The third-order valence-electron chi connectivity index (χ3n) is 4.67. The molecule has 10 heteroatoms. The largest absolute Gasteiger partial charge is 0.463 e. The summed E-state index contributed by atoms with van der Waals surface area (Å²) in [6.45, 7) is 1.05. The number of amides is 2. The molecule has 2 aromatic carbocycles. The summed E-state index contributed by atoms with van der Waals surface area (Å²) in [6, 6.07) is 16.7. The summed E-state index contributed by atoms with van der Waals surface area (Å²) in [5.74, 6) is -0.871. The lowest BCUT2D eigenvalue weighted by Gasteiger charge is -2.15. The molecule has 32 heavy (non-hydrogen) atoms. The van der Waals surface area contributed by atoms with E-state index in [1.54, 1.807) is 41.3 Å². The van der Waals surface area contributed by atoms with Gasteiger partial charge in [-0.05, 0) is 54.6 Å². The molecule has 8 nitrogen and oxygen atoms in total. The Morgan fingerprint density at radius 2 is 1.88 bits per heavy atom. The van der Waals surface area contributed by atoms with E-state index in [0.29, 0.717) is 33.6 Å². The van der Waals surface area contributed by atoms with Crippen molar-refractivity contribution in [2.24, 2.45) is 0 Å². The van der Waals surface area contributed by atoms with Crippen LogP contribution >= 0.6 is 22.9 Å². The van der Waals surface area contributed by atoms with E-state index >= 15 is 0 Å². The van der Waals surface area contributed by atoms with Crippen molar-refractivity contribution >= 4 is 57.8 Å². The Bertz CT molecular complexity index is 1250. The number of benzene rings is 2. The summed E-state index contributed by atoms with van der Waals surface area (Å²) < 4.78 is 5.62. The number of hydrogen-bond donors (Lipinski definition) is 3. The number of rotatable bonds is 5. The van der Waals surface area contributed by atoms with Crippen LogP contribution in [-0.2, 0) is 4.74 Å². The minimum absolute atomic E-state index is 0.0896. The molecule has 3 aromatic rings. The molecule has 1 saturated heterocycles. The molecular formula is C22H16ClN5O3S. The molecule has 1 aliphatic heterocycles. The number of ether oxygens (including phenoxy) is 1. The fraction of sp³-hybridized carbons (Fsp3) is 0.0909. The quantitative estimate of drug-likeness (QED) is 0.510. The third kappa shape index (κ3) is 4.56. The zero-order valence-corrected chi connectivity index (χ0v) is 18.1. The van der Waals surface area contributed by atoms with Crippen molar-refractivity contribution in [2.75, 3.05) is 28.7 Å². The second-order valence-corrected chi connectivity index (χ2v) is 8.45. The van der Waals surface area contributed by atoms with E-state index in [-0.39, 0.29) is 17.3 Å². The molecule has 0 unspecified atom stereocenters. The fourth-order valence-electron chi connectivity index (χ4n) is 3.12. The predicted octanol–water partition coefficient (Wildman–Crippen LogP) is 4.55. The molecule has 1 aliphatic rings. The number of nitriles is 1. The average Bonchev–Trinajstić information content (AvgIpc) is 3.42. The van der Waals surface area contributed by atoms with Crippen LogP contribution in [0.15, 0.2) is 54.6 Å². The van der Waals surface area contributed by atoms with Gasteiger partial charge < -0.3 is 15.4 Å². The van der Waals surface area contributed by atoms with Crippen LogP contribution < -0.4 is 15.5 Å². The van der Waals surface area contributed by atoms with Crippen LogP contribution in [0.25, 0.3) is 0 Å². The molecule has 0 atom stereocenters. The zero-order chi connectivity index (χ0) is 22.7. The van der Waals surface area contributed by atoms with Gasteiger partial charge in [-0.25, -0.2) is 0 Å². The van der Waals surface area contributed by atoms with Crippen LogP contribution in [0.4, 0.5) is 17.1 Å². The van der Waals surface area contributed by atoms with Gasteiger partial charge in [-0.2, -0.15) is 5.26 Å². The molecule has 0 saturated carbocycles. The minimum Gasteiger partial charge on any atom is -0.463 e. The topological polar surface area (TPSA) is 118 Å². The van der Waals surface area contributed by atoms with Gasteiger partial charge in [-0.15, -0.1) is 11.3 Å². The van der Waals surface area contributed by atoms with Crippen LogP contribution in [-0.4, -0.2) is 31.0 Å². The van der Waals surface area contributed by atoms with E-state index in [4.69, 9.17) is 21.7 Å². The maximum atomic E-state index is 12.9. The number of nitrogens with one attached hydrogen (secondary N) is 3. The predicted molar refractivity (Wildman–Crippen MR) is 124 cm³/mol. The molecule has 3 N–H and O–H groups in total. The molecule has 0 radical (unpaired) electrons. The highest BCUT2D eigenvalue weighted by molar-refractivity contribution is 7.18. The second-order valence-electron chi connectivity index (χ2n) is 6.74. The van der Waals surface area contributed by atoms with Crippen molar-refractivity contribution in [3.8, 4) is 6.07 Å². The Morgan fingerprint density at radius 3 is 2.50 bits per heavy atom. The van der Waals surface area contributed by atoms with Crippen LogP contribution in [0.3, 0.4) is 0 Å². The molecule has 0 aliphatic carbocycles. The fourth-order valence-corrected chi connectivity index (χ4v) is 4.06. The molecule has 0 bridgehead atoms. The number of carbonyl (C=O) groups excluding carboxylic acids is 2. The highest BCUT2D eigenvalue weighted by Crippen LogP contribution is 2.25. The Labute approximate surface area is 192 Å². The van der Waals surface area contributed by atoms with Crippen LogP contribution in [0.5, 0.6) is 0 Å². The van der Waals surface area contributed by atoms with Crippen molar-refractivity contribution in [3.63, 3.8) is 0 Å². The summed E-state index contributed by atoms with van der Waals surface area (Å²) in [5, 5.41) is 22.5. The molecule has 2 heterocycles. The maximum Gasteiger partial charge on any atom is 0.289 e. The minimum atomic E-state index is -0.445. The van der Waals surface area contributed by atoms with Gasteiger partial charge in [-0.3, -0.25) is 19.9 Å². The standard InChI is InChI=1S/C22H16ClN5O3S/c23-19-8-7-18(32-19)21(30)27-17-11-13(12-24)1-6-16(17)20(29)26-14-2-4-15(5-3-14)28-9-10-31-22(28)25/h1-8,11,25H,9-10H2,(H,26,29)(H,27,30). The van der Waals surface area contributed by atoms with Gasteiger partial charge in [0.05, 0.1) is 38.6 Å². The smallest absolute Gasteiger partial charge is 0.289 e. The maximum absolute atomic E-state index is 12.9. The first kappa shape index (κ1) is 21.4. The molecular weight excluding hydrogens is 450 g/mol. The normalized spacial score (nSPS) is 12.8. The van der Waals surface area contributed by atoms with Crippen LogP contribution in [0, 0.1) is 16.7 Å². The van der Waals surface area contributed by atoms with E-state index in [2.05, 4.69) is 10.6 Å². The van der Waals surface area contributed by atoms with E-state index in [9.17, 15) is 14.9 Å². The number of anilines is 3. The van der Waals surface area contributed by atoms with Gasteiger partial charge >= 0.3 is 0 Å². The van der Waals surface area contributed by atoms with Crippen molar-refractivity contribution in [3.05, 3.63) is 74.9 Å². The van der Waals surface area contributed by atoms with Gasteiger partial charge in [0.1, 0.15) is 6.61 Å². The second kappa shape index (κ2) is 9.09. The van der Waals surface area contributed by atoms with Crippen LogP contribution in [0.1, 0.15) is 25.6 Å². The van der Waals surface area contributed by atoms with Crippen molar-refractivity contribution in [1.82, 2.24) is 0 Å². The summed E-state index contributed by atoms with van der Waals surface area (Å²) in [4.78, 5) is 27.6. The summed E-state index contributed by atoms with van der Waals surface area (Å²) in [7, 11) is 0. The van der Waals surface area contributed by atoms with Gasteiger partial charge in [-0.1, -0.05) is 11.6 Å². The average molecular weight is 466 g/mol. The van der Waals surface area contributed by atoms with E-state index in [1.165, 1.54) is 18.2 Å². The van der Waals surface area contributed by atoms with Crippen LogP contribution in [0.2, 0.25) is 4.34 Å². The Balaban J connectivity index is 1.53. The first-order valence-corrected chi connectivity index (χ1v) is 10.6. The zero-order valence-electron chi connectivity index (χ0n) is 16.5. The lowest BCUT2D eigenvalue weighted by Crippen LogP contribution is -2.23. The molecule has 1 aromatic heterocycles. The Hall–Kier alpha value is -3.87. The van der Waals surface area contributed by atoms with E-state index < -0.39 is 11.8 Å². The Morgan fingerprint density at radius 1 is 1.09 bits per heavy atom. The van der Waals surface area contributed by atoms with Gasteiger partial charge in [0, 0.05) is 11.4 Å². The summed E-state index contributed by atoms with van der Waals surface area (Å²) in [5.41, 5.74) is 2.05. The number of carbonyl (C=O) groups is 2.